The molecule has 1 aliphatic heterocycles. The lowest BCUT2D eigenvalue weighted by molar-refractivity contribution is -0.131. The summed E-state index contributed by atoms with van der Waals surface area (Å²) in [6, 6.07) is 9.51. The van der Waals surface area contributed by atoms with Gasteiger partial charge < -0.3 is 14.8 Å². The molecule has 1 saturated heterocycles. The highest BCUT2D eigenvalue weighted by Crippen LogP contribution is 2.23. The van der Waals surface area contributed by atoms with E-state index in [1.54, 1.807) is 12.1 Å². The van der Waals surface area contributed by atoms with Gasteiger partial charge in [0.15, 0.2) is 0 Å². The zero-order valence-corrected chi connectivity index (χ0v) is 16.7. The van der Waals surface area contributed by atoms with E-state index in [1.165, 1.54) is 6.42 Å². The normalized spacial score (nSPS) is 14.3. The number of hydrogen-bond donors (Lipinski definition) is 1. The molecule has 0 radical (unpaired) electrons. The van der Waals surface area contributed by atoms with Crippen LogP contribution < -0.4 is 5.32 Å². The molecule has 0 atom stereocenters. The molecule has 144 valence electrons. The van der Waals surface area contributed by atoms with E-state index in [9.17, 15) is 9.59 Å². The van der Waals surface area contributed by atoms with Crippen LogP contribution in [0.1, 0.15) is 47.4 Å². The highest BCUT2D eigenvalue weighted by atomic mass is 35.5. The van der Waals surface area contributed by atoms with Gasteiger partial charge in [-0.3, -0.25) is 9.59 Å². The van der Waals surface area contributed by atoms with Crippen LogP contribution in [0.15, 0.2) is 30.3 Å². The van der Waals surface area contributed by atoms with E-state index in [0.29, 0.717) is 23.6 Å². The third-order valence-electron chi connectivity index (χ3n) is 5.06. The van der Waals surface area contributed by atoms with Crippen molar-refractivity contribution in [1.82, 2.24) is 14.8 Å². The Labute approximate surface area is 165 Å². The molecule has 1 N–H and O–H groups in total. The number of piperidine rings is 1. The first-order valence-electron chi connectivity index (χ1n) is 9.48. The van der Waals surface area contributed by atoms with Gasteiger partial charge in [0.05, 0.1) is 10.6 Å². The maximum absolute atomic E-state index is 12.6. The molecule has 5 nitrogen and oxygen atoms in total. The Morgan fingerprint density at radius 1 is 1.04 bits per heavy atom. The van der Waals surface area contributed by atoms with E-state index >= 15 is 0 Å². The van der Waals surface area contributed by atoms with Gasteiger partial charge >= 0.3 is 0 Å². The Kier molecular flexibility index (Phi) is 6.22. The lowest BCUT2D eigenvalue weighted by Crippen LogP contribution is -2.37. The minimum absolute atomic E-state index is 0.105. The fourth-order valence-corrected chi connectivity index (χ4v) is 3.79. The first kappa shape index (κ1) is 19.5. The maximum Gasteiger partial charge on any atom is 0.252 e. The summed E-state index contributed by atoms with van der Waals surface area (Å²) in [6.07, 6.45) is 3.64. The van der Waals surface area contributed by atoms with Gasteiger partial charge in [0.1, 0.15) is 0 Å². The van der Waals surface area contributed by atoms with Gasteiger partial charge in [-0.05, 0) is 63.4 Å². The first-order valence-corrected chi connectivity index (χ1v) is 9.86. The van der Waals surface area contributed by atoms with Crippen LogP contribution in [0.2, 0.25) is 5.02 Å². The molecule has 2 aromatic rings. The summed E-state index contributed by atoms with van der Waals surface area (Å²) in [5, 5.41) is 3.24. The number of halogens is 1. The second kappa shape index (κ2) is 8.61. The Hall–Kier alpha value is -2.27. The number of benzene rings is 1. The molecular weight excluding hydrogens is 362 g/mol. The lowest BCUT2D eigenvalue weighted by Gasteiger charge is -2.26. The number of carbonyl (C=O) groups excluding carboxylic acids is 2. The van der Waals surface area contributed by atoms with E-state index < -0.39 is 0 Å². The van der Waals surface area contributed by atoms with Crippen LogP contribution in [0.25, 0.3) is 5.69 Å². The molecular formula is C21H26ClN3O2. The van der Waals surface area contributed by atoms with Gasteiger partial charge in [-0.25, -0.2) is 0 Å². The van der Waals surface area contributed by atoms with Crippen molar-refractivity contribution in [3.05, 3.63) is 52.3 Å². The summed E-state index contributed by atoms with van der Waals surface area (Å²) >= 11 is 6.25. The zero-order valence-electron chi connectivity index (χ0n) is 15.9. The van der Waals surface area contributed by atoms with Crippen molar-refractivity contribution in [3.63, 3.8) is 0 Å². The molecule has 0 saturated carbocycles. The van der Waals surface area contributed by atoms with Gasteiger partial charge in [-0.15, -0.1) is 0 Å². The summed E-state index contributed by atoms with van der Waals surface area (Å²) < 4.78 is 2.08. The quantitative estimate of drug-likeness (QED) is 0.846. The predicted octanol–water partition coefficient (Wildman–Crippen LogP) is 3.88. The maximum atomic E-state index is 12.6. The fourth-order valence-electron chi connectivity index (χ4n) is 3.58. The molecule has 0 bridgehead atoms. The monoisotopic (exact) mass is 387 g/mol. The van der Waals surface area contributed by atoms with Crippen molar-refractivity contribution in [1.29, 1.82) is 0 Å². The van der Waals surface area contributed by atoms with Gasteiger partial charge in [-0.1, -0.05) is 11.6 Å². The molecule has 27 heavy (non-hydrogen) atoms. The van der Waals surface area contributed by atoms with E-state index in [-0.39, 0.29) is 11.8 Å². The van der Waals surface area contributed by atoms with Crippen LogP contribution in [0.3, 0.4) is 0 Å². The highest BCUT2D eigenvalue weighted by molar-refractivity contribution is 6.33. The smallest absolute Gasteiger partial charge is 0.252 e. The number of nitrogens with zero attached hydrogens (tertiary/aromatic N) is 2. The van der Waals surface area contributed by atoms with E-state index in [0.717, 1.165) is 43.0 Å². The van der Waals surface area contributed by atoms with Crippen LogP contribution >= 0.6 is 11.6 Å². The molecule has 1 aromatic heterocycles. The number of hydrogen-bond acceptors (Lipinski definition) is 2. The Morgan fingerprint density at radius 2 is 1.70 bits per heavy atom. The van der Waals surface area contributed by atoms with Crippen LogP contribution in [0.5, 0.6) is 0 Å². The fraction of sp³-hybridized carbons (Fsp3) is 0.429. The third kappa shape index (κ3) is 4.53. The standard InChI is InChI=1S/C21H26ClN3O2/c1-15-6-7-16(2)25(15)17-8-9-19(22)18(14-17)21(27)23-11-10-20(26)24-12-4-3-5-13-24/h6-9,14H,3-5,10-13H2,1-2H3,(H,23,27). The van der Waals surface area contributed by atoms with Crippen molar-refractivity contribution < 1.29 is 9.59 Å². The van der Waals surface area contributed by atoms with Gasteiger partial charge in [0.2, 0.25) is 5.91 Å². The van der Waals surface area contributed by atoms with Crippen molar-refractivity contribution in [3.8, 4) is 5.69 Å². The van der Waals surface area contributed by atoms with Crippen LogP contribution in [-0.4, -0.2) is 40.9 Å². The summed E-state index contributed by atoms with van der Waals surface area (Å²) in [6.45, 7) is 6.02. The summed E-state index contributed by atoms with van der Waals surface area (Å²) in [7, 11) is 0. The number of carbonyl (C=O) groups is 2. The Morgan fingerprint density at radius 3 is 2.37 bits per heavy atom. The van der Waals surface area contributed by atoms with Crippen molar-refractivity contribution in [2.24, 2.45) is 0 Å². The molecule has 0 aliphatic carbocycles. The molecule has 0 unspecified atom stereocenters. The topological polar surface area (TPSA) is 54.3 Å². The predicted molar refractivity (Wildman–Crippen MR) is 108 cm³/mol. The molecule has 1 aromatic carbocycles. The van der Waals surface area contributed by atoms with Gasteiger partial charge in [-0.2, -0.15) is 0 Å². The molecule has 2 amide bonds. The lowest BCUT2D eigenvalue weighted by atomic mass is 10.1. The number of rotatable bonds is 5. The molecule has 1 aliphatic rings. The van der Waals surface area contributed by atoms with Crippen molar-refractivity contribution >= 4 is 23.4 Å². The van der Waals surface area contributed by atoms with Crippen molar-refractivity contribution in [2.45, 2.75) is 39.5 Å². The zero-order chi connectivity index (χ0) is 19.4. The minimum Gasteiger partial charge on any atom is -0.351 e. The highest BCUT2D eigenvalue weighted by Gasteiger charge is 2.17. The second-order valence-corrected chi connectivity index (χ2v) is 7.47. The van der Waals surface area contributed by atoms with Crippen molar-refractivity contribution in [2.75, 3.05) is 19.6 Å². The molecule has 2 heterocycles. The van der Waals surface area contributed by atoms with Crippen LogP contribution in [-0.2, 0) is 4.79 Å². The number of aryl methyl sites for hydroxylation is 2. The Balaban J connectivity index is 1.64. The molecule has 1 fully saturated rings. The second-order valence-electron chi connectivity index (χ2n) is 7.06. The summed E-state index contributed by atoms with van der Waals surface area (Å²) in [5.74, 6) is -0.149. The summed E-state index contributed by atoms with van der Waals surface area (Å²) in [5.41, 5.74) is 3.50. The van der Waals surface area contributed by atoms with Crippen LogP contribution in [0.4, 0.5) is 0 Å². The Bertz CT molecular complexity index is 818. The van der Waals surface area contributed by atoms with Gasteiger partial charge in [0, 0.05) is 43.1 Å². The van der Waals surface area contributed by atoms with Crippen LogP contribution in [0, 0.1) is 13.8 Å². The van der Waals surface area contributed by atoms with E-state index in [1.807, 2.05) is 36.9 Å². The summed E-state index contributed by atoms with van der Waals surface area (Å²) in [4.78, 5) is 26.7. The number of aromatic nitrogens is 1. The third-order valence-corrected chi connectivity index (χ3v) is 5.39. The minimum atomic E-state index is -0.254. The molecule has 0 spiro atoms. The number of nitrogens with one attached hydrogen (secondary N) is 1. The average molecular weight is 388 g/mol. The van der Waals surface area contributed by atoms with Gasteiger partial charge in [0.25, 0.3) is 5.91 Å². The number of likely N-dealkylation sites (tertiary alicyclic amines) is 1. The number of amides is 2. The average Bonchev–Trinajstić information content (AvgIpc) is 3.01. The SMILES string of the molecule is Cc1ccc(C)n1-c1ccc(Cl)c(C(=O)NCCC(=O)N2CCCCC2)c1. The molecule has 3 rings (SSSR count). The molecule has 6 heteroatoms. The largest absolute Gasteiger partial charge is 0.351 e. The van der Waals surface area contributed by atoms with E-state index in [4.69, 9.17) is 11.6 Å². The first-order chi connectivity index (χ1) is 13.0. The van der Waals surface area contributed by atoms with E-state index in [2.05, 4.69) is 9.88 Å².